The van der Waals surface area contributed by atoms with Crippen LogP contribution in [0.3, 0.4) is 0 Å². The number of nitrogens with zero attached hydrogens (tertiary/aromatic N) is 4. The summed E-state index contributed by atoms with van der Waals surface area (Å²) in [5.41, 5.74) is 2.07. The minimum absolute atomic E-state index is 0.00289. The highest BCUT2D eigenvalue weighted by Crippen LogP contribution is 2.23. The van der Waals surface area contributed by atoms with E-state index in [1.807, 2.05) is 24.3 Å². The van der Waals surface area contributed by atoms with E-state index in [0.29, 0.717) is 38.8 Å². The molecule has 0 unspecified atom stereocenters. The molecule has 5 rings (SSSR count). The number of rotatable bonds is 8. The molecule has 5 aromatic rings. The maximum absolute atomic E-state index is 13.7. The largest absolute Gasteiger partial charge is 0.494 e. The molecule has 0 amide bonds. The van der Waals surface area contributed by atoms with Crippen LogP contribution in [-0.4, -0.2) is 31.4 Å². The Kier molecular flexibility index (Phi) is 6.66. The quantitative estimate of drug-likeness (QED) is 0.346. The van der Waals surface area contributed by atoms with Gasteiger partial charge in [0.25, 0.3) is 11.1 Å². The van der Waals surface area contributed by atoms with E-state index in [1.54, 1.807) is 42.9 Å². The van der Waals surface area contributed by atoms with Gasteiger partial charge in [-0.2, -0.15) is 0 Å². The first-order valence-corrected chi connectivity index (χ1v) is 11.5. The lowest BCUT2D eigenvalue weighted by molar-refractivity contribution is 0.103. The van der Waals surface area contributed by atoms with E-state index in [0.717, 1.165) is 5.56 Å². The summed E-state index contributed by atoms with van der Waals surface area (Å²) in [5, 5.41) is 3.96. The van der Waals surface area contributed by atoms with Crippen molar-refractivity contribution in [2.75, 3.05) is 7.11 Å². The Bertz CT molecular complexity index is 1640. The number of methoxy groups -OCH3 is 1. The van der Waals surface area contributed by atoms with E-state index in [-0.39, 0.29) is 30.9 Å². The van der Waals surface area contributed by atoms with Gasteiger partial charge in [0.15, 0.2) is 0 Å². The fraction of sp³-hybridized carbons (Fsp3) is 0.154. The summed E-state index contributed by atoms with van der Waals surface area (Å²) in [6.45, 7) is 0.338. The molecule has 10 heteroatoms. The second-order valence-corrected chi connectivity index (χ2v) is 8.42. The predicted octanol–water partition coefficient (Wildman–Crippen LogP) is 3.70. The predicted molar refractivity (Wildman–Crippen MR) is 136 cm³/mol. The van der Waals surface area contributed by atoms with Crippen LogP contribution < -0.4 is 15.9 Å². The van der Waals surface area contributed by atoms with Gasteiger partial charge in [-0.15, -0.1) is 0 Å². The monoisotopic (exact) mass is 503 g/mol. The van der Waals surface area contributed by atoms with E-state index in [4.69, 9.17) is 21.1 Å². The van der Waals surface area contributed by atoms with Crippen molar-refractivity contribution in [1.29, 1.82) is 0 Å². The smallest absolute Gasteiger partial charge is 0.281 e. The summed E-state index contributed by atoms with van der Waals surface area (Å²) in [7, 11) is 1.53. The van der Waals surface area contributed by atoms with Crippen LogP contribution in [0.5, 0.6) is 5.75 Å². The van der Waals surface area contributed by atoms with Gasteiger partial charge in [0.2, 0.25) is 0 Å². The van der Waals surface area contributed by atoms with Crippen LogP contribution in [0.4, 0.5) is 0 Å². The van der Waals surface area contributed by atoms with Crippen LogP contribution in [-0.2, 0) is 24.5 Å². The summed E-state index contributed by atoms with van der Waals surface area (Å²) in [5.74, 6) is 0.512. The van der Waals surface area contributed by atoms with E-state index in [1.165, 1.54) is 22.4 Å². The first-order valence-electron chi connectivity index (χ1n) is 11.1. The maximum Gasteiger partial charge on any atom is 0.281 e. The van der Waals surface area contributed by atoms with Crippen LogP contribution >= 0.6 is 11.6 Å². The molecule has 2 aromatic carbocycles. The molecule has 182 valence electrons. The number of benzene rings is 2. The number of para-hydroxylation sites is 2. The second kappa shape index (κ2) is 10.2. The molecule has 0 atom stereocenters. The van der Waals surface area contributed by atoms with Gasteiger partial charge in [-0.05, 0) is 23.8 Å². The number of hydrogen-bond donors (Lipinski definition) is 1. The number of halogens is 1. The molecular weight excluding hydrogens is 482 g/mol. The molecular formula is C26H22ClN5O4. The van der Waals surface area contributed by atoms with Gasteiger partial charge in [-0.1, -0.05) is 41.9 Å². The fourth-order valence-electron chi connectivity index (χ4n) is 4.06. The van der Waals surface area contributed by atoms with Crippen molar-refractivity contribution < 1.29 is 9.47 Å². The van der Waals surface area contributed by atoms with Crippen molar-refractivity contribution >= 4 is 22.5 Å². The van der Waals surface area contributed by atoms with E-state index in [2.05, 4.69) is 15.1 Å². The zero-order chi connectivity index (χ0) is 25.1. The van der Waals surface area contributed by atoms with Gasteiger partial charge >= 0.3 is 0 Å². The van der Waals surface area contributed by atoms with Crippen molar-refractivity contribution in [3.05, 3.63) is 116 Å². The van der Waals surface area contributed by atoms with Crippen molar-refractivity contribution in [3.63, 3.8) is 0 Å². The molecule has 0 radical (unpaired) electrons. The lowest BCUT2D eigenvalue weighted by Gasteiger charge is -2.14. The molecule has 0 spiro atoms. The van der Waals surface area contributed by atoms with Crippen molar-refractivity contribution in [2.24, 2.45) is 0 Å². The standard InChI is InChI=1S/C26H22ClN5O4/c1-35-23-9-5-4-8-21(23)32-26(34)25-20(30-32)12-24(33)31(14-18-13-28-10-11-29-18)22(25)16-36-15-17-6-2-3-7-19(17)27/h2-13,30H,14-16H2,1H3. The van der Waals surface area contributed by atoms with Crippen LogP contribution in [0.2, 0.25) is 5.02 Å². The number of hydrogen-bond acceptors (Lipinski definition) is 6. The highest BCUT2D eigenvalue weighted by atomic mass is 35.5. The van der Waals surface area contributed by atoms with Crippen molar-refractivity contribution in [2.45, 2.75) is 19.8 Å². The molecule has 0 aliphatic carbocycles. The SMILES string of the molecule is COc1ccccc1-n1[nH]c2cc(=O)n(Cc3cnccn3)c(COCc3ccccc3Cl)c2c1=O. The molecule has 0 saturated carbocycles. The van der Waals surface area contributed by atoms with Crippen molar-refractivity contribution in [1.82, 2.24) is 24.3 Å². The Morgan fingerprint density at radius 1 is 1.03 bits per heavy atom. The lowest BCUT2D eigenvalue weighted by Crippen LogP contribution is -2.26. The Balaban J connectivity index is 1.63. The molecule has 0 aliphatic heterocycles. The molecule has 3 aromatic heterocycles. The fourth-order valence-corrected chi connectivity index (χ4v) is 4.25. The number of H-pyrrole nitrogens is 1. The molecule has 3 heterocycles. The average Bonchev–Trinajstić information content (AvgIpc) is 3.22. The number of fused-ring (bicyclic) bond motifs is 1. The number of pyridine rings is 1. The van der Waals surface area contributed by atoms with Crippen LogP contribution in [0.1, 0.15) is 17.0 Å². The summed E-state index contributed by atoms with van der Waals surface area (Å²) < 4.78 is 14.3. The molecule has 0 fully saturated rings. The first-order chi connectivity index (χ1) is 17.6. The van der Waals surface area contributed by atoms with Gasteiger partial charge in [-0.3, -0.25) is 24.7 Å². The van der Waals surface area contributed by atoms with E-state index in [9.17, 15) is 9.59 Å². The normalized spacial score (nSPS) is 11.2. The Labute approximate surface area is 210 Å². The Morgan fingerprint density at radius 2 is 1.83 bits per heavy atom. The third kappa shape index (κ3) is 4.53. The third-order valence-corrected chi connectivity index (χ3v) is 6.15. The number of aromatic nitrogens is 5. The zero-order valence-electron chi connectivity index (χ0n) is 19.3. The molecule has 0 bridgehead atoms. The molecule has 0 aliphatic rings. The Hall–Kier alpha value is -4.21. The highest BCUT2D eigenvalue weighted by Gasteiger charge is 2.20. The minimum Gasteiger partial charge on any atom is -0.494 e. The van der Waals surface area contributed by atoms with Crippen LogP contribution in [0.25, 0.3) is 16.6 Å². The highest BCUT2D eigenvalue weighted by molar-refractivity contribution is 6.31. The van der Waals surface area contributed by atoms with E-state index >= 15 is 0 Å². The summed E-state index contributed by atoms with van der Waals surface area (Å²) in [6, 6.07) is 15.9. The zero-order valence-corrected chi connectivity index (χ0v) is 20.1. The number of aromatic amines is 1. The summed E-state index contributed by atoms with van der Waals surface area (Å²) in [4.78, 5) is 35.3. The third-order valence-electron chi connectivity index (χ3n) is 5.78. The lowest BCUT2D eigenvalue weighted by atomic mass is 10.2. The van der Waals surface area contributed by atoms with Crippen LogP contribution in [0, 0.1) is 0 Å². The number of nitrogens with one attached hydrogen (secondary N) is 1. The molecule has 0 saturated heterocycles. The van der Waals surface area contributed by atoms with Crippen LogP contribution in [0.15, 0.2) is 82.8 Å². The molecule has 36 heavy (non-hydrogen) atoms. The van der Waals surface area contributed by atoms with Gasteiger partial charge in [0.05, 0.1) is 55.4 Å². The second-order valence-electron chi connectivity index (χ2n) is 8.01. The van der Waals surface area contributed by atoms with Crippen molar-refractivity contribution in [3.8, 4) is 11.4 Å². The van der Waals surface area contributed by atoms with Gasteiger partial charge < -0.3 is 14.0 Å². The van der Waals surface area contributed by atoms with E-state index < -0.39 is 0 Å². The van der Waals surface area contributed by atoms with Gasteiger partial charge in [0, 0.05) is 23.5 Å². The summed E-state index contributed by atoms with van der Waals surface area (Å²) >= 11 is 6.27. The molecule has 1 N–H and O–H groups in total. The number of ether oxygens (including phenoxy) is 2. The molecule has 9 nitrogen and oxygen atoms in total. The van der Waals surface area contributed by atoms with Gasteiger partial charge in [0.1, 0.15) is 11.4 Å². The van der Waals surface area contributed by atoms with Gasteiger partial charge in [-0.25, -0.2) is 4.68 Å². The Morgan fingerprint density at radius 3 is 2.61 bits per heavy atom. The first kappa shape index (κ1) is 23.5. The average molecular weight is 504 g/mol. The maximum atomic E-state index is 13.7. The topological polar surface area (TPSA) is 104 Å². The minimum atomic E-state index is -0.335. The summed E-state index contributed by atoms with van der Waals surface area (Å²) in [6.07, 6.45) is 4.69.